The van der Waals surface area contributed by atoms with E-state index in [1.165, 1.54) is 6.20 Å². The molecule has 2 heterocycles. The standard InChI is InChI=1S/C9H7BrN2OS/c10-9-7(1-4-14-9)6-12-3-2-11-5-8(12)13/h1-5H,6H2. The number of hydrogen-bond donors (Lipinski definition) is 0. The monoisotopic (exact) mass is 270 g/mol. The molecule has 0 atom stereocenters. The molecule has 0 spiro atoms. The topological polar surface area (TPSA) is 34.9 Å². The normalized spacial score (nSPS) is 10.4. The van der Waals surface area contributed by atoms with E-state index in [2.05, 4.69) is 20.9 Å². The van der Waals surface area contributed by atoms with Gasteiger partial charge in [-0.3, -0.25) is 9.78 Å². The van der Waals surface area contributed by atoms with Crippen molar-refractivity contribution in [2.45, 2.75) is 6.54 Å². The molecule has 0 saturated heterocycles. The zero-order valence-electron chi connectivity index (χ0n) is 7.18. The van der Waals surface area contributed by atoms with E-state index in [1.807, 2.05) is 11.4 Å². The van der Waals surface area contributed by atoms with Crippen LogP contribution in [0.5, 0.6) is 0 Å². The summed E-state index contributed by atoms with van der Waals surface area (Å²) in [4.78, 5) is 15.1. The lowest BCUT2D eigenvalue weighted by molar-refractivity contribution is 0.748. The Hall–Kier alpha value is -0.940. The first-order valence-electron chi connectivity index (χ1n) is 3.99. The number of nitrogens with zero attached hydrogens (tertiary/aromatic N) is 2. The van der Waals surface area contributed by atoms with Crippen LogP contribution in [0.25, 0.3) is 0 Å². The lowest BCUT2D eigenvalue weighted by Gasteiger charge is -2.02. The fourth-order valence-electron chi connectivity index (χ4n) is 1.12. The molecule has 2 aromatic heterocycles. The zero-order chi connectivity index (χ0) is 9.97. The maximum Gasteiger partial charge on any atom is 0.269 e. The molecule has 0 saturated carbocycles. The van der Waals surface area contributed by atoms with Crippen LogP contribution >= 0.6 is 27.3 Å². The highest BCUT2D eigenvalue weighted by Gasteiger charge is 2.02. The molecule has 5 heteroatoms. The first-order valence-corrected chi connectivity index (χ1v) is 5.67. The third kappa shape index (κ3) is 1.93. The summed E-state index contributed by atoms with van der Waals surface area (Å²) in [5, 5.41) is 1.99. The Morgan fingerprint density at radius 3 is 3.07 bits per heavy atom. The van der Waals surface area contributed by atoms with Crippen molar-refractivity contribution in [3.05, 3.63) is 49.7 Å². The van der Waals surface area contributed by atoms with E-state index in [0.29, 0.717) is 6.54 Å². The predicted octanol–water partition coefficient (Wildman–Crippen LogP) is 2.12. The Kier molecular flexibility index (Phi) is 2.79. The molecule has 72 valence electrons. The summed E-state index contributed by atoms with van der Waals surface area (Å²) in [6, 6.07) is 2.00. The van der Waals surface area contributed by atoms with Gasteiger partial charge in [0.15, 0.2) is 0 Å². The second-order valence-electron chi connectivity index (χ2n) is 2.76. The summed E-state index contributed by atoms with van der Waals surface area (Å²) in [5.41, 5.74) is 1.04. The van der Waals surface area contributed by atoms with E-state index in [-0.39, 0.29) is 5.56 Å². The van der Waals surface area contributed by atoms with Crippen molar-refractivity contribution >= 4 is 27.3 Å². The Morgan fingerprint density at radius 2 is 2.43 bits per heavy atom. The Morgan fingerprint density at radius 1 is 1.57 bits per heavy atom. The van der Waals surface area contributed by atoms with Gasteiger partial charge in [-0.15, -0.1) is 11.3 Å². The van der Waals surface area contributed by atoms with Crippen LogP contribution in [0.1, 0.15) is 5.56 Å². The van der Waals surface area contributed by atoms with Gasteiger partial charge in [-0.25, -0.2) is 0 Å². The van der Waals surface area contributed by atoms with Gasteiger partial charge in [0.05, 0.1) is 16.5 Å². The minimum Gasteiger partial charge on any atom is -0.308 e. The van der Waals surface area contributed by atoms with Crippen molar-refractivity contribution in [3.63, 3.8) is 0 Å². The van der Waals surface area contributed by atoms with Gasteiger partial charge in [0.1, 0.15) is 0 Å². The van der Waals surface area contributed by atoms with Crippen molar-refractivity contribution in [3.8, 4) is 0 Å². The van der Waals surface area contributed by atoms with Gasteiger partial charge < -0.3 is 4.57 Å². The van der Waals surface area contributed by atoms with Crippen LogP contribution in [-0.4, -0.2) is 9.55 Å². The van der Waals surface area contributed by atoms with Crippen LogP contribution in [-0.2, 0) is 6.54 Å². The summed E-state index contributed by atoms with van der Waals surface area (Å²) >= 11 is 5.05. The van der Waals surface area contributed by atoms with Gasteiger partial charge in [0, 0.05) is 12.4 Å². The van der Waals surface area contributed by atoms with E-state index >= 15 is 0 Å². The van der Waals surface area contributed by atoms with Crippen molar-refractivity contribution in [1.29, 1.82) is 0 Å². The molecule has 14 heavy (non-hydrogen) atoms. The second kappa shape index (κ2) is 4.06. The van der Waals surface area contributed by atoms with E-state index < -0.39 is 0 Å². The molecule has 0 aliphatic rings. The first-order chi connectivity index (χ1) is 6.77. The number of thiophene rings is 1. The highest BCUT2D eigenvalue weighted by molar-refractivity contribution is 9.11. The Balaban J connectivity index is 2.32. The molecule has 0 fully saturated rings. The predicted molar refractivity (Wildman–Crippen MR) is 59.6 cm³/mol. The van der Waals surface area contributed by atoms with Crippen molar-refractivity contribution in [2.75, 3.05) is 0 Å². The summed E-state index contributed by atoms with van der Waals surface area (Å²) in [7, 11) is 0. The van der Waals surface area contributed by atoms with E-state index in [0.717, 1.165) is 9.35 Å². The molecule has 0 radical (unpaired) electrons. The summed E-state index contributed by atoms with van der Waals surface area (Å²) in [6.07, 6.45) is 4.62. The highest BCUT2D eigenvalue weighted by atomic mass is 79.9. The molecule has 0 aliphatic heterocycles. The van der Waals surface area contributed by atoms with E-state index in [4.69, 9.17) is 0 Å². The molecule has 3 nitrogen and oxygen atoms in total. The van der Waals surface area contributed by atoms with Crippen LogP contribution in [0.15, 0.2) is 38.6 Å². The molecular weight excluding hydrogens is 264 g/mol. The Bertz CT molecular complexity index is 491. The molecular formula is C9H7BrN2OS. The van der Waals surface area contributed by atoms with Crippen molar-refractivity contribution < 1.29 is 0 Å². The fraction of sp³-hybridized carbons (Fsp3) is 0.111. The number of rotatable bonds is 2. The van der Waals surface area contributed by atoms with Crippen molar-refractivity contribution in [1.82, 2.24) is 9.55 Å². The third-order valence-corrected chi connectivity index (χ3v) is 3.65. The third-order valence-electron chi connectivity index (χ3n) is 1.83. The van der Waals surface area contributed by atoms with Crippen molar-refractivity contribution in [2.24, 2.45) is 0 Å². The fourth-order valence-corrected chi connectivity index (χ4v) is 2.34. The van der Waals surface area contributed by atoms with Gasteiger partial charge in [0.2, 0.25) is 0 Å². The molecule has 0 unspecified atom stereocenters. The van der Waals surface area contributed by atoms with E-state index in [1.54, 1.807) is 28.3 Å². The second-order valence-corrected chi connectivity index (χ2v) is 5.00. The number of halogens is 1. The average molecular weight is 271 g/mol. The molecule has 0 aliphatic carbocycles. The first kappa shape index (κ1) is 9.61. The van der Waals surface area contributed by atoms with E-state index in [9.17, 15) is 4.79 Å². The largest absolute Gasteiger partial charge is 0.308 e. The van der Waals surface area contributed by atoms with Crippen LogP contribution in [0, 0.1) is 0 Å². The van der Waals surface area contributed by atoms with Gasteiger partial charge in [-0.2, -0.15) is 0 Å². The van der Waals surface area contributed by atoms with Crippen LogP contribution in [0.4, 0.5) is 0 Å². The lowest BCUT2D eigenvalue weighted by Crippen LogP contribution is -2.19. The molecule has 0 amide bonds. The maximum atomic E-state index is 11.3. The number of aromatic nitrogens is 2. The summed E-state index contributed by atoms with van der Waals surface area (Å²) < 4.78 is 2.70. The van der Waals surface area contributed by atoms with Crippen LogP contribution in [0.3, 0.4) is 0 Å². The van der Waals surface area contributed by atoms with Gasteiger partial charge in [-0.1, -0.05) is 0 Å². The average Bonchev–Trinajstić information content (AvgIpc) is 2.56. The quantitative estimate of drug-likeness (QED) is 0.838. The molecule has 0 aromatic carbocycles. The summed E-state index contributed by atoms with van der Waals surface area (Å²) in [6.45, 7) is 0.589. The Labute approximate surface area is 93.2 Å². The number of hydrogen-bond acceptors (Lipinski definition) is 3. The van der Waals surface area contributed by atoms with Crippen LogP contribution in [0.2, 0.25) is 0 Å². The van der Waals surface area contributed by atoms with Gasteiger partial charge in [-0.05, 0) is 32.9 Å². The smallest absolute Gasteiger partial charge is 0.269 e. The highest BCUT2D eigenvalue weighted by Crippen LogP contribution is 2.23. The molecule has 0 N–H and O–H groups in total. The molecule has 2 rings (SSSR count). The minimum absolute atomic E-state index is 0.0781. The maximum absolute atomic E-state index is 11.3. The van der Waals surface area contributed by atoms with Crippen LogP contribution < -0.4 is 5.56 Å². The van der Waals surface area contributed by atoms with Gasteiger partial charge in [0.25, 0.3) is 5.56 Å². The lowest BCUT2D eigenvalue weighted by atomic mass is 10.3. The minimum atomic E-state index is -0.0781. The molecule has 2 aromatic rings. The summed E-state index contributed by atoms with van der Waals surface area (Å²) in [5.74, 6) is 0. The zero-order valence-corrected chi connectivity index (χ0v) is 9.59. The van der Waals surface area contributed by atoms with Gasteiger partial charge >= 0.3 is 0 Å². The SMILES string of the molecule is O=c1cnccn1Cc1ccsc1Br. The molecule has 0 bridgehead atoms.